The molecule has 0 bridgehead atoms. The van der Waals surface area contributed by atoms with Gasteiger partial charge in [-0.05, 0) is 35.9 Å². The van der Waals surface area contributed by atoms with Crippen molar-refractivity contribution in [3.63, 3.8) is 0 Å². The molecule has 0 atom stereocenters. The smallest absolute Gasteiger partial charge is 0.253 e. The van der Waals surface area contributed by atoms with Gasteiger partial charge in [0, 0.05) is 51.4 Å². The van der Waals surface area contributed by atoms with E-state index in [0.29, 0.717) is 38.5 Å². The standard InChI is InChI=1S/C20H28N4O4S/c1-4-24(5-2)29(26,27)17-6-7-19(22-12-13-28-3)18(14-17)20(25)23-15-16-8-10-21-11-9-16/h6-11,14,22H,4-5,12-13,15H2,1-3H3,(H,23,25). The number of hydrogen-bond donors (Lipinski definition) is 2. The molecule has 1 amide bonds. The zero-order chi connectivity index (χ0) is 21.3. The third-order valence-electron chi connectivity index (χ3n) is 4.40. The number of nitrogens with one attached hydrogen (secondary N) is 2. The lowest BCUT2D eigenvalue weighted by molar-refractivity contribution is 0.0951. The molecule has 0 unspecified atom stereocenters. The summed E-state index contributed by atoms with van der Waals surface area (Å²) in [6, 6.07) is 8.17. The summed E-state index contributed by atoms with van der Waals surface area (Å²) < 4.78 is 32.1. The summed E-state index contributed by atoms with van der Waals surface area (Å²) in [7, 11) is -2.09. The molecular formula is C20H28N4O4S. The Bertz CT molecular complexity index is 900. The molecule has 2 N–H and O–H groups in total. The maximum Gasteiger partial charge on any atom is 0.253 e. The highest BCUT2D eigenvalue weighted by atomic mass is 32.2. The van der Waals surface area contributed by atoms with E-state index in [1.165, 1.54) is 16.4 Å². The van der Waals surface area contributed by atoms with Crippen LogP contribution < -0.4 is 10.6 Å². The molecule has 29 heavy (non-hydrogen) atoms. The van der Waals surface area contributed by atoms with Gasteiger partial charge in [0.2, 0.25) is 10.0 Å². The second-order valence-electron chi connectivity index (χ2n) is 6.25. The lowest BCUT2D eigenvalue weighted by atomic mass is 10.1. The molecule has 2 rings (SSSR count). The van der Waals surface area contributed by atoms with Gasteiger partial charge < -0.3 is 15.4 Å². The number of aromatic nitrogens is 1. The normalized spacial score (nSPS) is 11.4. The summed E-state index contributed by atoms with van der Waals surface area (Å²) in [5, 5.41) is 5.96. The van der Waals surface area contributed by atoms with E-state index in [1.54, 1.807) is 51.6 Å². The van der Waals surface area contributed by atoms with Crippen LogP contribution in [0.25, 0.3) is 0 Å². The quantitative estimate of drug-likeness (QED) is 0.540. The number of pyridine rings is 1. The fraction of sp³-hybridized carbons (Fsp3) is 0.400. The van der Waals surface area contributed by atoms with E-state index >= 15 is 0 Å². The van der Waals surface area contributed by atoms with Crippen molar-refractivity contribution in [1.29, 1.82) is 0 Å². The number of carbonyl (C=O) groups excluding carboxylic acids is 1. The minimum Gasteiger partial charge on any atom is -0.383 e. The minimum atomic E-state index is -3.67. The van der Waals surface area contributed by atoms with E-state index in [-0.39, 0.29) is 16.4 Å². The summed E-state index contributed by atoms with van der Waals surface area (Å²) in [5.74, 6) is -0.363. The van der Waals surface area contributed by atoms with E-state index in [4.69, 9.17) is 4.74 Å². The van der Waals surface area contributed by atoms with Crippen molar-refractivity contribution < 1.29 is 17.9 Å². The number of anilines is 1. The molecule has 1 heterocycles. The van der Waals surface area contributed by atoms with Crippen LogP contribution in [0, 0.1) is 0 Å². The van der Waals surface area contributed by atoms with Crippen LogP contribution >= 0.6 is 0 Å². The van der Waals surface area contributed by atoms with Crippen LogP contribution in [0.15, 0.2) is 47.6 Å². The van der Waals surface area contributed by atoms with Gasteiger partial charge in [-0.1, -0.05) is 13.8 Å². The Balaban J connectivity index is 2.32. The van der Waals surface area contributed by atoms with Crippen molar-refractivity contribution in [3.05, 3.63) is 53.9 Å². The third kappa shape index (κ3) is 5.99. The van der Waals surface area contributed by atoms with Crippen LogP contribution in [0.4, 0.5) is 5.69 Å². The molecule has 1 aromatic heterocycles. The number of sulfonamides is 1. The van der Waals surface area contributed by atoms with E-state index in [9.17, 15) is 13.2 Å². The van der Waals surface area contributed by atoms with Gasteiger partial charge in [-0.25, -0.2) is 8.42 Å². The van der Waals surface area contributed by atoms with Gasteiger partial charge in [0.05, 0.1) is 17.1 Å². The van der Waals surface area contributed by atoms with Crippen LogP contribution in [0.3, 0.4) is 0 Å². The largest absolute Gasteiger partial charge is 0.383 e. The Morgan fingerprint density at radius 2 is 1.83 bits per heavy atom. The number of carbonyl (C=O) groups is 1. The van der Waals surface area contributed by atoms with Crippen molar-refractivity contribution in [2.45, 2.75) is 25.3 Å². The number of ether oxygens (including phenoxy) is 1. The molecule has 8 nitrogen and oxygen atoms in total. The zero-order valence-corrected chi connectivity index (χ0v) is 17.8. The number of hydrogen-bond acceptors (Lipinski definition) is 6. The second-order valence-corrected chi connectivity index (χ2v) is 8.19. The molecule has 0 saturated carbocycles. The molecule has 0 aliphatic rings. The van der Waals surface area contributed by atoms with Crippen molar-refractivity contribution in [2.24, 2.45) is 0 Å². The lowest BCUT2D eigenvalue weighted by Gasteiger charge is -2.20. The van der Waals surface area contributed by atoms with Crippen LogP contribution in [-0.2, 0) is 21.3 Å². The molecule has 0 fully saturated rings. The molecule has 0 aliphatic carbocycles. The first kappa shape index (κ1) is 22.8. The first-order valence-corrected chi connectivity index (χ1v) is 10.9. The van der Waals surface area contributed by atoms with E-state index < -0.39 is 10.0 Å². The Hall–Kier alpha value is -2.49. The van der Waals surface area contributed by atoms with E-state index in [0.717, 1.165) is 5.56 Å². The fourth-order valence-electron chi connectivity index (χ4n) is 2.80. The van der Waals surface area contributed by atoms with Crippen molar-refractivity contribution in [1.82, 2.24) is 14.6 Å². The molecule has 2 aromatic rings. The topological polar surface area (TPSA) is 101 Å². The molecule has 0 radical (unpaired) electrons. The average molecular weight is 421 g/mol. The number of benzene rings is 1. The van der Waals surface area contributed by atoms with Crippen molar-refractivity contribution in [2.75, 3.05) is 38.7 Å². The predicted octanol–water partition coefficient (Wildman–Crippen LogP) is 2.10. The van der Waals surface area contributed by atoms with Gasteiger partial charge in [0.15, 0.2) is 0 Å². The maximum atomic E-state index is 12.9. The first-order chi connectivity index (χ1) is 13.9. The summed E-state index contributed by atoms with van der Waals surface area (Å²) in [5.41, 5.74) is 1.71. The molecular weight excluding hydrogens is 392 g/mol. The highest BCUT2D eigenvalue weighted by Gasteiger charge is 2.24. The maximum absolute atomic E-state index is 12.9. The number of methoxy groups -OCH3 is 1. The first-order valence-electron chi connectivity index (χ1n) is 9.48. The molecule has 1 aromatic carbocycles. The number of rotatable bonds is 11. The van der Waals surface area contributed by atoms with Gasteiger partial charge >= 0.3 is 0 Å². The highest BCUT2D eigenvalue weighted by molar-refractivity contribution is 7.89. The lowest BCUT2D eigenvalue weighted by Crippen LogP contribution is -2.31. The average Bonchev–Trinajstić information content (AvgIpc) is 2.73. The highest BCUT2D eigenvalue weighted by Crippen LogP contribution is 2.23. The third-order valence-corrected chi connectivity index (χ3v) is 6.45. The van der Waals surface area contributed by atoms with Gasteiger partial charge in [-0.15, -0.1) is 0 Å². The Labute approximate surface area is 172 Å². The van der Waals surface area contributed by atoms with Gasteiger partial charge in [-0.2, -0.15) is 4.31 Å². The molecule has 0 spiro atoms. The number of nitrogens with zero attached hydrogens (tertiary/aromatic N) is 2. The molecule has 158 valence electrons. The molecule has 0 saturated heterocycles. The summed E-state index contributed by atoms with van der Waals surface area (Å²) in [6.07, 6.45) is 3.30. The monoisotopic (exact) mass is 420 g/mol. The van der Waals surface area contributed by atoms with Crippen LogP contribution in [0.1, 0.15) is 29.8 Å². The predicted molar refractivity (Wildman–Crippen MR) is 112 cm³/mol. The zero-order valence-electron chi connectivity index (χ0n) is 17.0. The van der Waals surface area contributed by atoms with Gasteiger partial charge in [-0.3, -0.25) is 9.78 Å². The van der Waals surface area contributed by atoms with E-state index in [2.05, 4.69) is 15.6 Å². The van der Waals surface area contributed by atoms with Crippen LogP contribution in [0.5, 0.6) is 0 Å². The molecule has 9 heteroatoms. The van der Waals surface area contributed by atoms with Crippen molar-refractivity contribution >= 4 is 21.6 Å². The Kier molecular flexibility index (Phi) is 8.56. The Morgan fingerprint density at radius 1 is 1.14 bits per heavy atom. The van der Waals surface area contributed by atoms with E-state index in [1.807, 2.05) is 0 Å². The summed E-state index contributed by atoms with van der Waals surface area (Å²) in [4.78, 5) is 16.9. The summed E-state index contributed by atoms with van der Waals surface area (Å²) in [6.45, 7) is 5.54. The number of amides is 1. The van der Waals surface area contributed by atoms with Crippen LogP contribution in [-0.4, -0.2) is 57.0 Å². The minimum absolute atomic E-state index is 0.0903. The summed E-state index contributed by atoms with van der Waals surface area (Å²) >= 11 is 0. The van der Waals surface area contributed by atoms with Crippen LogP contribution in [0.2, 0.25) is 0 Å². The van der Waals surface area contributed by atoms with Gasteiger partial charge in [0.1, 0.15) is 0 Å². The second kappa shape index (κ2) is 10.9. The van der Waals surface area contributed by atoms with Gasteiger partial charge in [0.25, 0.3) is 5.91 Å². The molecule has 0 aliphatic heterocycles. The van der Waals surface area contributed by atoms with Crippen molar-refractivity contribution in [3.8, 4) is 0 Å². The Morgan fingerprint density at radius 3 is 2.45 bits per heavy atom. The SMILES string of the molecule is CCN(CC)S(=O)(=O)c1ccc(NCCOC)c(C(=O)NCc2ccncc2)c1. The fourth-order valence-corrected chi connectivity index (χ4v) is 4.29.